The lowest BCUT2D eigenvalue weighted by molar-refractivity contribution is -0.121. The van der Waals surface area contributed by atoms with E-state index in [2.05, 4.69) is 26.1 Å². The highest BCUT2D eigenvalue weighted by molar-refractivity contribution is 5.76. The van der Waals surface area contributed by atoms with E-state index in [1.54, 1.807) is 0 Å². The molecule has 0 aromatic rings. The molecule has 0 saturated heterocycles. The fourth-order valence-electron chi connectivity index (χ4n) is 1.73. The minimum absolute atomic E-state index is 0.00166. The highest BCUT2D eigenvalue weighted by Gasteiger charge is 2.18. The maximum absolute atomic E-state index is 11.6. The van der Waals surface area contributed by atoms with Crippen molar-refractivity contribution in [3.05, 3.63) is 0 Å². The van der Waals surface area contributed by atoms with Gasteiger partial charge in [0.05, 0.1) is 0 Å². The molecule has 0 saturated carbocycles. The van der Waals surface area contributed by atoms with Gasteiger partial charge in [-0.2, -0.15) is 0 Å². The molecule has 1 atom stereocenters. The highest BCUT2D eigenvalue weighted by atomic mass is 16.1. The van der Waals surface area contributed by atoms with E-state index in [0.29, 0.717) is 6.42 Å². The molecule has 0 fully saturated rings. The van der Waals surface area contributed by atoms with Crippen molar-refractivity contribution in [2.45, 2.75) is 72.3 Å². The second kappa shape index (κ2) is 8.51. The van der Waals surface area contributed by atoms with E-state index in [1.807, 2.05) is 6.92 Å². The van der Waals surface area contributed by atoms with Gasteiger partial charge in [-0.3, -0.25) is 4.79 Å². The van der Waals surface area contributed by atoms with Gasteiger partial charge in [-0.25, -0.2) is 0 Å². The molecule has 0 aromatic carbocycles. The highest BCUT2D eigenvalue weighted by Crippen LogP contribution is 2.22. The summed E-state index contributed by atoms with van der Waals surface area (Å²) >= 11 is 0. The minimum Gasteiger partial charge on any atom is -0.356 e. The maximum atomic E-state index is 11.6. The molecule has 0 aliphatic carbocycles. The average molecular weight is 242 g/mol. The van der Waals surface area contributed by atoms with Crippen LogP contribution in [0.3, 0.4) is 0 Å². The van der Waals surface area contributed by atoms with Crippen LogP contribution in [0.2, 0.25) is 0 Å². The van der Waals surface area contributed by atoms with Crippen LogP contribution in [0.1, 0.15) is 66.2 Å². The van der Waals surface area contributed by atoms with Gasteiger partial charge in [0.1, 0.15) is 0 Å². The third kappa shape index (κ3) is 9.16. The number of amides is 1. The topological polar surface area (TPSA) is 55.1 Å². The van der Waals surface area contributed by atoms with Crippen molar-refractivity contribution in [3.8, 4) is 0 Å². The standard InChI is InChI=1S/C14H30N2O/c1-5-7-8-9-14(3,4)11-16-13(17)10-12(15)6-2/h12H,5-11,15H2,1-4H3,(H,16,17). The van der Waals surface area contributed by atoms with E-state index in [0.717, 1.165) is 13.0 Å². The normalized spacial score (nSPS) is 13.5. The summed E-state index contributed by atoms with van der Waals surface area (Å²) < 4.78 is 0. The number of unbranched alkanes of at least 4 members (excludes halogenated alkanes) is 2. The molecule has 0 radical (unpaired) electrons. The van der Waals surface area contributed by atoms with Crippen LogP contribution in [0.4, 0.5) is 0 Å². The Kier molecular flexibility index (Phi) is 8.23. The molecule has 3 heteroatoms. The Morgan fingerprint density at radius 1 is 1.29 bits per heavy atom. The first-order chi connectivity index (χ1) is 7.91. The third-order valence-corrected chi connectivity index (χ3v) is 3.19. The molecule has 0 aliphatic rings. The quantitative estimate of drug-likeness (QED) is 0.611. The number of carbonyl (C=O) groups is 1. The summed E-state index contributed by atoms with van der Waals surface area (Å²) in [6.07, 6.45) is 6.23. The van der Waals surface area contributed by atoms with Gasteiger partial charge in [0.2, 0.25) is 5.91 Å². The second-order valence-electron chi connectivity index (χ2n) is 5.77. The van der Waals surface area contributed by atoms with Crippen molar-refractivity contribution in [1.82, 2.24) is 5.32 Å². The van der Waals surface area contributed by atoms with Gasteiger partial charge >= 0.3 is 0 Å². The van der Waals surface area contributed by atoms with Crippen molar-refractivity contribution >= 4 is 5.91 Å². The molecule has 0 aliphatic heterocycles. The maximum Gasteiger partial charge on any atom is 0.221 e. The molecule has 0 bridgehead atoms. The number of rotatable bonds is 9. The van der Waals surface area contributed by atoms with E-state index in [4.69, 9.17) is 5.73 Å². The smallest absolute Gasteiger partial charge is 0.221 e. The minimum atomic E-state index is -0.00166. The molecule has 0 aromatic heterocycles. The Morgan fingerprint density at radius 3 is 2.47 bits per heavy atom. The molecule has 1 unspecified atom stereocenters. The van der Waals surface area contributed by atoms with Gasteiger partial charge in [-0.05, 0) is 18.3 Å². The molecule has 17 heavy (non-hydrogen) atoms. The SMILES string of the molecule is CCCCCC(C)(C)CNC(=O)CC(N)CC. The number of carbonyl (C=O) groups excluding carboxylic acids is 1. The summed E-state index contributed by atoms with van der Waals surface area (Å²) in [4.78, 5) is 11.6. The molecule has 0 heterocycles. The number of nitrogens with one attached hydrogen (secondary N) is 1. The Balaban J connectivity index is 3.80. The van der Waals surface area contributed by atoms with Gasteiger partial charge in [0, 0.05) is 19.0 Å². The summed E-state index contributed by atoms with van der Waals surface area (Å²) in [5.41, 5.74) is 5.95. The zero-order valence-electron chi connectivity index (χ0n) is 12.0. The van der Waals surface area contributed by atoms with Crippen LogP contribution >= 0.6 is 0 Å². The van der Waals surface area contributed by atoms with Crippen molar-refractivity contribution in [1.29, 1.82) is 0 Å². The van der Waals surface area contributed by atoms with Crippen molar-refractivity contribution < 1.29 is 4.79 Å². The first-order valence-electron chi connectivity index (χ1n) is 6.93. The summed E-state index contributed by atoms with van der Waals surface area (Å²) in [6.45, 7) is 9.39. The molecule has 3 N–H and O–H groups in total. The van der Waals surface area contributed by atoms with E-state index in [-0.39, 0.29) is 17.4 Å². The monoisotopic (exact) mass is 242 g/mol. The molecule has 0 spiro atoms. The van der Waals surface area contributed by atoms with Crippen LogP contribution in [0.25, 0.3) is 0 Å². The van der Waals surface area contributed by atoms with Crippen LogP contribution in [-0.4, -0.2) is 18.5 Å². The van der Waals surface area contributed by atoms with Crippen LogP contribution in [-0.2, 0) is 4.79 Å². The summed E-state index contributed by atoms with van der Waals surface area (Å²) in [7, 11) is 0. The fraction of sp³-hybridized carbons (Fsp3) is 0.929. The number of nitrogens with two attached hydrogens (primary N) is 1. The van der Waals surface area contributed by atoms with E-state index in [1.165, 1.54) is 25.7 Å². The lowest BCUT2D eigenvalue weighted by atomic mass is 9.87. The molecular weight excluding hydrogens is 212 g/mol. The van der Waals surface area contributed by atoms with Gasteiger partial charge in [0.15, 0.2) is 0 Å². The van der Waals surface area contributed by atoms with E-state index >= 15 is 0 Å². The molecule has 1 amide bonds. The molecular formula is C14H30N2O. The zero-order chi connectivity index (χ0) is 13.3. The van der Waals surface area contributed by atoms with Crippen LogP contribution in [0.15, 0.2) is 0 Å². The number of hydrogen-bond acceptors (Lipinski definition) is 2. The van der Waals surface area contributed by atoms with Crippen LogP contribution < -0.4 is 11.1 Å². The Labute approximate surface area is 107 Å². The first kappa shape index (κ1) is 16.4. The summed E-state index contributed by atoms with van der Waals surface area (Å²) in [5.74, 6) is 0.0860. The second-order valence-corrected chi connectivity index (χ2v) is 5.77. The third-order valence-electron chi connectivity index (χ3n) is 3.19. The van der Waals surface area contributed by atoms with Crippen molar-refractivity contribution in [2.75, 3.05) is 6.54 Å². The van der Waals surface area contributed by atoms with Crippen molar-refractivity contribution in [2.24, 2.45) is 11.1 Å². The lowest BCUT2D eigenvalue weighted by Crippen LogP contribution is -2.37. The number of hydrogen-bond donors (Lipinski definition) is 2. The molecule has 3 nitrogen and oxygen atoms in total. The molecule has 0 rings (SSSR count). The predicted octanol–water partition coefficient (Wildman–Crippen LogP) is 2.84. The molecule has 102 valence electrons. The Bertz CT molecular complexity index is 214. The average Bonchev–Trinajstić information content (AvgIpc) is 2.26. The van der Waals surface area contributed by atoms with Crippen molar-refractivity contribution in [3.63, 3.8) is 0 Å². The first-order valence-corrected chi connectivity index (χ1v) is 6.93. The van der Waals surface area contributed by atoms with Gasteiger partial charge in [0.25, 0.3) is 0 Å². The zero-order valence-corrected chi connectivity index (χ0v) is 12.0. The largest absolute Gasteiger partial charge is 0.356 e. The fourth-order valence-corrected chi connectivity index (χ4v) is 1.73. The van der Waals surface area contributed by atoms with Gasteiger partial charge in [-0.1, -0.05) is 47.0 Å². The summed E-state index contributed by atoms with van der Waals surface area (Å²) in [6, 6.07) is -0.00166. The van der Waals surface area contributed by atoms with Gasteiger partial charge < -0.3 is 11.1 Å². The van der Waals surface area contributed by atoms with Gasteiger partial charge in [-0.15, -0.1) is 0 Å². The Hall–Kier alpha value is -0.570. The van der Waals surface area contributed by atoms with E-state index < -0.39 is 0 Å². The predicted molar refractivity (Wildman–Crippen MR) is 73.8 cm³/mol. The Morgan fingerprint density at radius 2 is 1.94 bits per heavy atom. The van der Waals surface area contributed by atoms with E-state index in [9.17, 15) is 4.79 Å². The van der Waals surface area contributed by atoms with Crippen LogP contribution in [0.5, 0.6) is 0 Å². The summed E-state index contributed by atoms with van der Waals surface area (Å²) in [5, 5.41) is 3.00. The van der Waals surface area contributed by atoms with Crippen LogP contribution in [0, 0.1) is 5.41 Å². The lowest BCUT2D eigenvalue weighted by Gasteiger charge is -2.25.